The number of hydrogen-bond donors (Lipinski definition) is 1. The van der Waals surface area contributed by atoms with Crippen LogP contribution in [0.25, 0.3) is 0 Å². The normalized spacial score (nSPS) is 34.1. The van der Waals surface area contributed by atoms with E-state index in [0.29, 0.717) is 12.5 Å². The van der Waals surface area contributed by atoms with E-state index >= 15 is 0 Å². The predicted octanol–water partition coefficient (Wildman–Crippen LogP) is -0.316. The summed E-state index contributed by atoms with van der Waals surface area (Å²) in [5, 5.41) is 2.73. The van der Waals surface area contributed by atoms with Crippen LogP contribution in [0, 0.1) is 0 Å². The van der Waals surface area contributed by atoms with Gasteiger partial charge in [-0.1, -0.05) is 0 Å². The van der Waals surface area contributed by atoms with Crippen LogP contribution in [0.4, 0.5) is 0 Å². The van der Waals surface area contributed by atoms with Crippen LogP contribution >= 0.6 is 0 Å². The largest absolute Gasteiger partial charge is 0.468 e. The maximum atomic E-state index is 11.5. The number of rotatable bonds is 2. The lowest BCUT2D eigenvalue weighted by atomic mass is 9.91. The third-order valence-electron chi connectivity index (χ3n) is 3.03. The fourth-order valence-corrected chi connectivity index (χ4v) is 1.95. The first-order valence-corrected chi connectivity index (χ1v) is 4.86. The van der Waals surface area contributed by atoms with Gasteiger partial charge in [-0.25, -0.2) is 0 Å². The average molecular weight is 196 g/mol. The molecule has 5 heteroatoms. The van der Waals surface area contributed by atoms with Crippen LogP contribution in [-0.4, -0.2) is 51.1 Å². The molecule has 3 atom stereocenters. The van der Waals surface area contributed by atoms with Crippen molar-refractivity contribution in [1.82, 2.24) is 10.1 Å². The van der Waals surface area contributed by atoms with Gasteiger partial charge in [-0.05, 0) is 32.9 Å². The Balaban J connectivity index is 2.67. The summed E-state index contributed by atoms with van der Waals surface area (Å²) in [5.74, 6) is -0.181. The van der Waals surface area contributed by atoms with E-state index in [1.165, 1.54) is 7.11 Å². The Hall–Kier alpha value is -0.545. The fraction of sp³-hybridized carbons (Fsp3) is 0.889. The van der Waals surface area contributed by atoms with E-state index in [0.717, 1.165) is 6.42 Å². The summed E-state index contributed by atoms with van der Waals surface area (Å²) in [7, 11) is 8.75. The molecule has 0 amide bonds. The van der Waals surface area contributed by atoms with Crippen LogP contribution in [0.1, 0.15) is 19.8 Å². The number of nitrogens with zero attached hydrogens (tertiary/aromatic N) is 1. The van der Waals surface area contributed by atoms with E-state index in [9.17, 15) is 4.79 Å². The first-order chi connectivity index (χ1) is 6.60. The second-order valence-corrected chi connectivity index (χ2v) is 3.89. The monoisotopic (exact) mass is 196 g/mol. The molecule has 78 valence electrons. The van der Waals surface area contributed by atoms with Crippen molar-refractivity contribution in [2.45, 2.75) is 37.9 Å². The number of hydrogen-bond acceptors (Lipinski definition) is 4. The van der Waals surface area contributed by atoms with Crippen molar-refractivity contribution in [3.63, 3.8) is 0 Å². The summed E-state index contributed by atoms with van der Waals surface area (Å²) in [4.78, 5) is 13.5. The zero-order valence-corrected chi connectivity index (χ0v) is 8.99. The molecule has 2 radical (unpaired) electrons. The number of nitrogens with one attached hydrogen (secondary N) is 1. The lowest BCUT2D eigenvalue weighted by molar-refractivity contribution is -0.149. The first kappa shape index (κ1) is 11.5. The number of likely N-dealkylation sites (tertiary alicyclic amines) is 1. The van der Waals surface area contributed by atoms with E-state index in [4.69, 9.17) is 12.7 Å². The summed E-state index contributed by atoms with van der Waals surface area (Å²) < 4.78 is 4.75. The molecule has 4 nitrogen and oxygen atoms in total. The minimum atomic E-state index is -0.181. The van der Waals surface area contributed by atoms with E-state index in [-0.39, 0.29) is 18.1 Å². The van der Waals surface area contributed by atoms with Crippen molar-refractivity contribution in [3.05, 3.63) is 0 Å². The zero-order valence-electron chi connectivity index (χ0n) is 8.99. The smallest absolute Gasteiger partial charge is 0.323 e. The van der Waals surface area contributed by atoms with Crippen molar-refractivity contribution in [2.75, 3.05) is 14.2 Å². The third-order valence-corrected chi connectivity index (χ3v) is 3.03. The van der Waals surface area contributed by atoms with Gasteiger partial charge in [0.15, 0.2) is 7.98 Å². The van der Waals surface area contributed by atoms with Gasteiger partial charge in [0.2, 0.25) is 0 Å². The van der Waals surface area contributed by atoms with Crippen molar-refractivity contribution >= 4 is 14.0 Å². The number of likely N-dealkylation sites (N-methyl/N-ethyl adjacent to an activating group) is 1. The highest BCUT2D eigenvalue weighted by atomic mass is 16.5. The molecule has 0 spiro atoms. The van der Waals surface area contributed by atoms with Gasteiger partial charge in [0, 0.05) is 6.04 Å². The number of carbonyl (C=O) groups is 1. The SMILES string of the molecule is [B]NC1CC(C)N(C)[C@H](C(=O)OC)C1. The third kappa shape index (κ3) is 2.28. The Labute approximate surface area is 86.4 Å². The van der Waals surface area contributed by atoms with Crippen molar-refractivity contribution < 1.29 is 9.53 Å². The van der Waals surface area contributed by atoms with Crippen LogP contribution in [-0.2, 0) is 9.53 Å². The van der Waals surface area contributed by atoms with E-state index in [1.54, 1.807) is 0 Å². The van der Waals surface area contributed by atoms with Gasteiger partial charge < -0.3 is 9.96 Å². The fourth-order valence-electron chi connectivity index (χ4n) is 1.95. The Kier molecular flexibility index (Phi) is 3.95. The molecule has 0 aliphatic carbocycles. The van der Waals surface area contributed by atoms with Crippen LogP contribution in [0.5, 0.6) is 0 Å². The number of ether oxygens (including phenoxy) is 1. The molecule has 0 aromatic heterocycles. The molecule has 1 heterocycles. The van der Waals surface area contributed by atoms with E-state index < -0.39 is 0 Å². The molecule has 0 aromatic carbocycles. The summed E-state index contributed by atoms with van der Waals surface area (Å²) in [6.45, 7) is 2.08. The van der Waals surface area contributed by atoms with E-state index in [2.05, 4.69) is 12.2 Å². The minimum absolute atomic E-state index is 0.176. The summed E-state index contributed by atoms with van der Waals surface area (Å²) >= 11 is 0. The van der Waals surface area contributed by atoms with Crippen LogP contribution < -0.4 is 5.23 Å². The quantitative estimate of drug-likeness (QED) is 0.485. The molecule has 0 aromatic rings. The molecule has 2 unspecified atom stereocenters. The van der Waals surface area contributed by atoms with Crippen LogP contribution in [0.15, 0.2) is 0 Å². The molecule has 0 bridgehead atoms. The standard InChI is InChI=1S/C9H17BN2O2/c1-6-4-7(11-10)5-8(12(6)2)9(13)14-3/h6-8,11H,4-5H2,1-3H3/t6?,7?,8-/m0/s1. The molecule has 1 aliphatic rings. The summed E-state index contributed by atoms with van der Waals surface area (Å²) in [6, 6.07) is 0.365. The second-order valence-electron chi connectivity index (χ2n) is 3.89. The van der Waals surface area contributed by atoms with Crippen LogP contribution in [0.3, 0.4) is 0 Å². The predicted molar refractivity (Wildman–Crippen MR) is 54.9 cm³/mol. The molecule has 1 N–H and O–H groups in total. The van der Waals surface area contributed by atoms with Gasteiger partial charge in [0.05, 0.1) is 7.11 Å². The van der Waals surface area contributed by atoms with Crippen molar-refractivity contribution in [3.8, 4) is 0 Å². The number of esters is 1. The Morgan fingerprint density at radius 3 is 2.71 bits per heavy atom. The van der Waals surface area contributed by atoms with Gasteiger partial charge in [-0.15, -0.1) is 0 Å². The number of methoxy groups -OCH3 is 1. The van der Waals surface area contributed by atoms with Crippen molar-refractivity contribution in [1.29, 1.82) is 0 Å². The Bertz CT molecular complexity index is 213. The molecule has 1 saturated heterocycles. The lowest BCUT2D eigenvalue weighted by Crippen LogP contribution is -2.54. The molecular formula is C9H17BN2O2. The molecular weight excluding hydrogens is 179 g/mol. The highest BCUT2D eigenvalue weighted by Gasteiger charge is 2.34. The molecule has 0 saturated carbocycles. The second kappa shape index (κ2) is 4.80. The summed E-state index contributed by atoms with van der Waals surface area (Å²) in [5.41, 5.74) is 0. The molecule has 14 heavy (non-hydrogen) atoms. The zero-order chi connectivity index (χ0) is 10.7. The lowest BCUT2D eigenvalue weighted by Gasteiger charge is -2.40. The first-order valence-electron chi connectivity index (χ1n) is 4.86. The highest BCUT2D eigenvalue weighted by molar-refractivity contribution is 6.04. The van der Waals surface area contributed by atoms with Gasteiger partial charge in [0.25, 0.3) is 0 Å². The van der Waals surface area contributed by atoms with Crippen LogP contribution in [0.2, 0.25) is 0 Å². The van der Waals surface area contributed by atoms with Gasteiger partial charge in [-0.3, -0.25) is 9.69 Å². The summed E-state index contributed by atoms with van der Waals surface area (Å²) in [6.07, 6.45) is 1.67. The average Bonchev–Trinajstić information content (AvgIpc) is 2.20. The number of carbonyl (C=O) groups excluding carboxylic acids is 1. The van der Waals surface area contributed by atoms with Gasteiger partial charge >= 0.3 is 5.97 Å². The van der Waals surface area contributed by atoms with Gasteiger partial charge in [-0.2, -0.15) is 0 Å². The minimum Gasteiger partial charge on any atom is -0.468 e. The maximum absolute atomic E-state index is 11.5. The highest BCUT2D eigenvalue weighted by Crippen LogP contribution is 2.21. The van der Waals surface area contributed by atoms with Gasteiger partial charge in [0.1, 0.15) is 6.04 Å². The van der Waals surface area contributed by atoms with Crippen molar-refractivity contribution in [2.24, 2.45) is 0 Å². The molecule has 1 aliphatic heterocycles. The molecule has 1 fully saturated rings. The molecule has 1 rings (SSSR count). The maximum Gasteiger partial charge on any atom is 0.323 e. The van der Waals surface area contributed by atoms with E-state index in [1.807, 2.05) is 11.9 Å². The Morgan fingerprint density at radius 1 is 1.57 bits per heavy atom. The topological polar surface area (TPSA) is 41.6 Å². The number of piperidine rings is 1. The Morgan fingerprint density at radius 2 is 2.21 bits per heavy atom.